The molecule has 6 heteroatoms. The third-order valence-corrected chi connectivity index (χ3v) is 6.11. The van der Waals surface area contributed by atoms with Crippen molar-refractivity contribution in [3.8, 4) is 11.3 Å². The summed E-state index contributed by atoms with van der Waals surface area (Å²) in [6.07, 6.45) is 2.38. The zero-order valence-electron chi connectivity index (χ0n) is 14.6. The van der Waals surface area contributed by atoms with Crippen LogP contribution in [0, 0.1) is 5.41 Å². The minimum absolute atomic E-state index is 0.000463. The summed E-state index contributed by atoms with van der Waals surface area (Å²) in [5.74, 6) is 0.977. The number of halogens is 1. The highest BCUT2D eigenvalue weighted by atomic mass is 35.5. The van der Waals surface area contributed by atoms with Gasteiger partial charge in [-0.1, -0.05) is 23.7 Å². The molecule has 0 aliphatic carbocycles. The highest BCUT2D eigenvalue weighted by Gasteiger charge is 2.50. The van der Waals surface area contributed by atoms with Crippen molar-refractivity contribution in [1.82, 2.24) is 10.2 Å². The van der Waals surface area contributed by atoms with Crippen LogP contribution in [-0.4, -0.2) is 41.7 Å². The SMILES string of the molecule is O=C(O)[C@]12CCCN[C@@H]1CN(Cc1ccc(-c3ccccc3Cl)o1)CC2. The summed E-state index contributed by atoms with van der Waals surface area (Å²) in [7, 11) is 0. The Kier molecular flexibility index (Phi) is 4.78. The smallest absolute Gasteiger partial charge is 0.311 e. The number of benzene rings is 1. The van der Waals surface area contributed by atoms with Crippen LogP contribution in [0.4, 0.5) is 0 Å². The standard InChI is InChI=1S/C20H23ClN2O3/c21-16-5-2-1-4-15(16)17-7-6-14(26-17)12-23-11-9-20(19(24)25)8-3-10-22-18(20)13-23/h1-2,4-7,18,22H,3,8-13H2,(H,24,25)/t18-,20+/m1/s1. The molecule has 0 saturated carbocycles. The molecular formula is C20H23ClN2O3. The minimum Gasteiger partial charge on any atom is -0.481 e. The minimum atomic E-state index is -0.659. The van der Waals surface area contributed by atoms with E-state index in [1.165, 1.54) is 0 Å². The fraction of sp³-hybridized carbons (Fsp3) is 0.450. The molecule has 2 atom stereocenters. The number of piperidine rings is 2. The molecule has 0 amide bonds. The van der Waals surface area contributed by atoms with E-state index in [1.54, 1.807) is 0 Å². The van der Waals surface area contributed by atoms with Gasteiger partial charge >= 0.3 is 5.97 Å². The third kappa shape index (κ3) is 3.15. The van der Waals surface area contributed by atoms with Crippen LogP contribution in [-0.2, 0) is 11.3 Å². The molecule has 3 heterocycles. The maximum Gasteiger partial charge on any atom is 0.311 e. The van der Waals surface area contributed by atoms with Crippen molar-refractivity contribution < 1.29 is 14.3 Å². The lowest BCUT2D eigenvalue weighted by Gasteiger charge is -2.48. The number of hydrogen-bond acceptors (Lipinski definition) is 4. The number of carboxylic acid groups (broad SMARTS) is 1. The molecule has 2 N–H and O–H groups in total. The molecule has 5 nitrogen and oxygen atoms in total. The van der Waals surface area contributed by atoms with Gasteiger partial charge in [0.05, 0.1) is 17.0 Å². The van der Waals surface area contributed by atoms with E-state index < -0.39 is 11.4 Å². The number of likely N-dealkylation sites (tertiary alicyclic amines) is 1. The summed E-state index contributed by atoms with van der Waals surface area (Å²) in [6.45, 7) is 3.07. The lowest BCUT2D eigenvalue weighted by atomic mass is 9.69. The predicted molar refractivity (Wildman–Crippen MR) is 100 cm³/mol. The Morgan fingerprint density at radius 1 is 1.31 bits per heavy atom. The molecule has 2 saturated heterocycles. The zero-order chi connectivity index (χ0) is 18.1. The first-order chi connectivity index (χ1) is 12.6. The average molecular weight is 375 g/mol. The number of rotatable bonds is 4. The van der Waals surface area contributed by atoms with Crippen LogP contribution < -0.4 is 5.32 Å². The molecule has 0 spiro atoms. The first-order valence-electron chi connectivity index (χ1n) is 9.11. The van der Waals surface area contributed by atoms with Gasteiger partial charge in [0.25, 0.3) is 0 Å². The van der Waals surface area contributed by atoms with Crippen LogP contribution in [0.25, 0.3) is 11.3 Å². The first kappa shape index (κ1) is 17.6. The maximum atomic E-state index is 11.9. The molecular weight excluding hydrogens is 352 g/mol. The van der Waals surface area contributed by atoms with Crippen LogP contribution in [0.1, 0.15) is 25.0 Å². The number of nitrogens with zero attached hydrogens (tertiary/aromatic N) is 1. The highest BCUT2D eigenvalue weighted by molar-refractivity contribution is 6.33. The number of carbonyl (C=O) groups is 1. The summed E-state index contributed by atoms with van der Waals surface area (Å²) < 4.78 is 6.00. The van der Waals surface area contributed by atoms with E-state index in [0.717, 1.165) is 49.6 Å². The Balaban J connectivity index is 1.46. The third-order valence-electron chi connectivity index (χ3n) is 5.78. The zero-order valence-corrected chi connectivity index (χ0v) is 15.3. The fourth-order valence-electron chi connectivity index (χ4n) is 4.29. The van der Waals surface area contributed by atoms with Crippen molar-refractivity contribution in [2.45, 2.75) is 31.8 Å². The summed E-state index contributed by atoms with van der Waals surface area (Å²) in [4.78, 5) is 14.2. The highest BCUT2D eigenvalue weighted by Crippen LogP contribution is 2.39. The Hall–Kier alpha value is -1.82. The van der Waals surface area contributed by atoms with Crippen LogP contribution in [0.15, 0.2) is 40.8 Å². The van der Waals surface area contributed by atoms with Crippen LogP contribution >= 0.6 is 11.6 Å². The van der Waals surface area contributed by atoms with Gasteiger partial charge in [-0.15, -0.1) is 0 Å². The molecule has 138 valence electrons. The largest absolute Gasteiger partial charge is 0.481 e. The summed E-state index contributed by atoms with van der Waals surface area (Å²) >= 11 is 6.25. The molecule has 26 heavy (non-hydrogen) atoms. The van der Waals surface area contributed by atoms with E-state index >= 15 is 0 Å². The Morgan fingerprint density at radius 2 is 2.15 bits per heavy atom. The van der Waals surface area contributed by atoms with Crippen molar-refractivity contribution in [3.05, 3.63) is 47.2 Å². The van der Waals surface area contributed by atoms with Crippen molar-refractivity contribution in [2.24, 2.45) is 5.41 Å². The molecule has 0 unspecified atom stereocenters. The maximum absolute atomic E-state index is 11.9. The lowest BCUT2D eigenvalue weighted by molar-refractivity contribution is -0.156. The van der Waals surface area contributed by atoms with Gasteiger partial charge in [0.15, 0.2) is 0 Å². The Bertz CT molecular complexity index is 806. The van der Waals surface area contributed by atoms with Gasteiger partial charge in [0.1, 0.15) is 11.5 Å². The van der Waals surface area contributed by atoms with Gasteiger partial charge in [0, 0.05) is 18.2 Å². The number of nitrogens with one attached hydrogen (secondary N) is 1. The van der Waals surface area contributed by atoms with E-state index in [2.05, 4.69) is 10.2 Å². The van der Waals surface area contributed by atoms with Crippen LogP contribution in [0.2, 0.25) is 5.02 Å². The normalized spacial score (nSPS) is 26.4. The van der Waals surface area contributed by atoms with Gasteiger partial charge in [-0.2, -0.15) is 0 Å². The Labute approximate surface area is 157 Å². The average Bonchev–Trinajstić information content (AvgIpc) is 3.10. The monoisotopic (exact) mass is 374 g/mol. The molecule has 0 radical (unpaired) electrons. The number of furan rings is 1. The molecule has 2 fully saturated rings. The van der Waals surface area contributed by atoms with Crippen molar-refractivity contribution in [1.29, 1.82) is 0 Å². The molecule has 1 aromatic carbocycles. The van der Waals surface area contributed by atoms with E-state index in [9.17, 15) is 9.90 Å². The topological polar surface area (TPSA) is 65.7 Å². The van der Waals surface area contributed by atoms with E-state index in [0.29, 0.717) is 18.0 Å². The van der Waals surface area contributed by atoms with Crippen LogP contribution in [0.3, 0.4) is 0 Å². The second kappa shape index (κ2) is 7.06. The summed E-state index contributed by atoms with van der Waals surface area (Å²) in [5, 5.41) is 13.9. The first-order valence-corrected chi connectivity index (χ1v) is 9.49. The van der Waals surface area contributed by atoms with Gasteiger partial charge in [-0.25, -0.2) is 0 Å². The van der Waals surface area contributed by atoms with Gasteiger partial charge in [-0.05, 0) is 56.6 Å². The molecule has 1 aromatic heterocycles. The van der Waals surface area contributed by atoms with Crippen LogP contribution in [0.5, 0.6) is 0 Å². The second-order valence-electron chi connectivity index (χ2n) is 7.30. The van der Waals surface area contributed by atoms with Crippen molar-refractivity contribution in [3.63, 3.8) is 0 Å². The van der Waals surface area contributed by atoms with Gasteiger partial charge < -0.3 is 14.8 Å². The van der Waals surface area contributed by atoms with E-state index in [-0.39, 0.29) is 6.04 Å². The molecule has 2 aliphatic heterocycles. The number of carboxylic acids is 1. The second-order valence-corrected chi connectivity index (χ2v) is 7.71. The summed E-state index contributed by atoms with van der Waals surface area (Å²) in [6, 6.07) is 11.6. The number of aliphatic carboxylic acids is 1. The molecule has 4 rings (SSSR count). The predicted octanol–water partition coefficient (Wildman–Crippen LogP) is 3.63. The molecule has 2 aliphatic rings. The number of hydrogen-bond donors (Lipinski definition) is 2. The van der Waals surface area contributed by atoms with Crippen molar-refractivity contribution in [2.75, 3.05) is 19.6 Å². The van der Waals surface area contributed by atoms with E-state index in [4.69, 9.17) is 16.0 Å². The van der Waals surface area contributed by atoms with Crippen molar-refractivity contribution >= 4 is 17.6 Å². The molecule has 2 aromatic rings. The van der Waals surface area contributed by atoms with Gasteiger partial charge in [0.2, 0.25) is 0 Å². The fourth-order valence-corrected chi connectivity index (χ4v) is 4.52. The Morgan fingerprint density at radius 3 is 2.96 bits per heavy atom. The van der Waals surface area contributed by atoms with Gasteiger partial charge in [-0.3, -0.25) is 9.69 Å². The number of fused-ring (bicyclic) bond motifs is 1. The molecule has 0 bridgehead atoms. The lowest BCUT2D eigenvalue weighted by Crippen LogP contribution is -2.62. The van der Waals surface area contributed by atoms with E-state index in [1.807, 2.05) is 36.4 Å². The quantitative estimate of drug-likeness (QED) is 0.855. The summed E-state index contributed by atoms with van der Waals surface area (Å²) in [5.41, 5.74) is 0.276.